The number of aromatic nitrogens is 2. The van der Waals surface area contributed by atoms with Crippen molar-refractivity contribution in [3.8, 4) is 5.75 Å². The average molecular weight is 378 g/mol. The zero-order valence-corrected chi connectivity index (χ0v) is 15.5. The molecule has 3 aromatic rings. The zero-order valence-electron chi connectivity index (χ0n) is 14.7. The van der Waals surface area contributed by atoms with Gasteiger partial charge in [0.05, 0.1) is 7.11 Å². The van der Waals surface area contributed by atoms with Crippen LogP contribution in [-0.2, 0) is 4.79 Å². The molecular formula is C20H18N4O2S. The lowest BCUT2D eigenvalue weighted by Gasteiger charge is -2.08. The quantitative estimate of drug-likeness (QED) is 0.465. The third-order valence-corrected chi connectivity index (χ3v) is 4.45. The molecule has 136 valence electrons. The van der Waals surface area contributed by atoms with E-state index in [1.807, 2.05) is 42.5 Å². The first kappa shape index (κ1) is 18.5. The van der Waals surface area contributed by atoms with Gasteiger partial charge in [0.1, 0.15) is 10.8 Å². The molecule has 7 heteroatoms. The Kier molecular flexibility index (Phi) is 6.06. The Labute approximate surface area is 161 Å². The summed E-state index contributed by atoms with van der Waals surface area (Å²) in [6, 6.07) is 16.9. The number of carbonyl (C=O) groups is 1. The first-order valence-electron chi connectivity index (χ1n) is 8.12. The van der Waals surface area contributed by atoms with Crippen molar-refractivity contribution in [2.75, 3.05) is 17.7 Å². The maximum Gasteiger partial charge on any atom is 0.247 e. The summed E-state index contributed by atoms with van der Waals surface area (Å²) in [4.78, 5) is 21.1. The van der Waals surface area contributed by atoms with Crippen molar-refractivity contribution in [1.29, 1.82) is 0 Å². The average Bonchev–Trinajstić information content (AvgIpc) is 2.70. The van der Waals surface area contributed by atoms with Crippen molar-refractivity contribution in [3.63, 3.8) is 0 Å². The number of nitrogens with zero attached hydrogens (tertiary/aromatic N) is 2. The molecule has 0 unspecified atom stereocenters. The lowest BCUT2D eigenvalue weighted by atomic mass is 10.3. The summed E-state index contributed by atoms with van der Waals surface area (Å²) in [5.41, 5.74) is 1.51. The molecular weight excluding hydrogens is 360 g/mol. The van der Waals surface area contributed by atoms with Crippen molar-refractivity contribution in [1.82, 2.24) is 9.97 Å². The number of hydrogen-bond acceptors (Lipinski definition) is 6. The van der Waals surface area contributed by atoms with Crippen molar-refractivity contribution in [2.24, 2.45) is 0 Å². The number of benzene rings is 2. The van der Waals surface area contributed by atoms with Gasteiger partial charge in [-0.05, 0) is 60.7 Å². The molecule has 0 aliphatic carbocycles. The Morgan fingerprint density at radius 3 is 2.44 bits per heavy atom. The summed E-state index contributed by atoms with van der Waals surface area (Å²) in [7, 11) is 1.64. The Morgan fingerprint density at radius 2 is 1.78 bits per heavy atom. The van der Waals surface area contributed by atoms with Crippen molar-refractivity contribution in [2.45, 2.75) is 9.92 Å². The van der Waals surface area contributed by atoms with Gasteiger partial charge in [0, 0.05) is 22.5 Å². The van der Waals surface area contributed by atoms with Gasteiger partial charge >= 0.3 is 0 Å². The summed E-state index contributed by atoms with van der Waals surface area (Å²) < 4.78 is 5.17. The SMILES string of the molecule is C=CC(=O)Nc1ccc(Nc2nccc(Sc3ccc(OC)cc3)n2)cc1. The van der Waals surface area contributed by atoms with E-state index in [0.29, 0.717) is 11.6 Å². The van der Waals surface area contributed by atoms with Gasteiger partial charge in [-0.15, -0.1) is 0 Å². The number of rotatable bonds is 7. The van der Waals surface area contributed by atoms with Crippen LogP contribution in [0.15, 0.2) is 83.4 Å². The van der Waals surface area contributed by atoms with Gasteiger partial charge in [-0.3, -0.25) is 4.79 Å². The Bertz CT molecular complexity index is 927. The van der Waals surface area contributed by atoms with E-state index in [1.54, 1.807) is 25.4 Å². The maximum absolute atomic E-state index is 11.3. The van der Waals surface area contributed by atoms with E-state index in [0.717, 1.165) is 21.4 Å². The van der Waals surface area contributed by atoms with E-state index in [1.165, 1.54) is 17.8 Å². The van der Waals surface area contributed by atoms with Gasteiger partial charge in [-0.25, -0.2) is 9.97 Å². The molecule has 0 radical (unpaired) electrons. The number of ether oxygens (including phenoxy) is 1. The number of carbonyl (C=O) groups excluding carboxylic acids is 1. The molecule has 2 N–H and O–H groups in total. The molecule has 3 rings (SSSR count). The number of hydrogen-bond donors (Lipinski definition) is 2. The molecule has 27 heavy (non-hydrogen) atoms. The standard InChI is InChI=1S/C20H18N4O2S/c1-3-18(25)22-14-4-6-15(7-5-14)23-20-21-13-12-19(24-20)27-17-10-8-16(26-2)9-11-17/h3-13H,1H2,2H3,(H,22,25)(H,21,23,24). The van der Waals surface area contributed by atoms with Crippen LogP contribution in [0, 0.1) is 0 Å². The van der Waals surface area contributed by atoms with Gasteiger partial charge in [-0.2, -0.15) is 0 Å². The zero-order chi connectivity index (χ0) is 19.1. The Balaban J connectivity index is 1.66. The normalized spacial score (nSPS) is 10.1. The van der Waals surface area contributed by atoms with Crippen LogP contribution in [0.2, 0.25) is 0 Å². The van der Waals surface area contributed by atoms with Crippen molar-refractivity contribution < 1.29 is 9.53 Å². The first-order valence-corrected chi connectivity index (χ1v) is 8.93. The number of nitrogens with one attached hydrogen (secondary N) is 2. The van der Waals surface area contributed by atoms with E-state index >= 15 is 0 Å². The fourth-order valence-corrected chi connectivity index (χ4v) is 2.96. The van der Waals surface area contributed by atoms with Gasteiger partial charge in [-0.1, -0.05) is 18.3 Å². The van der Waals surface area contributed by atoms with Gasteiger partial charge < -0.3 is 15.4 Å². The molecule has 0 aliphatic rings. The number of methoxy groups -OCH3 is 1. The van der Waals surface area contributed by atoms with Crippen LogP contribution in [-0.4, -0.2) is 23.0 Å². The molecule has 0 bridgehead atoms. The second kappa shape index (κ2) is 8.86. The molecule has 0 aliphatic heterocycles. The van der Waals surface area contributed by atoms with E-state index in [-0.39, 0.29) is 5.91 Å². The van der Waals surface area contributed by atoms with Gasteiger partial charge in [0.15, 0.2) is 0 Å². The first-order chi connectivity index (χ1) is 13.2. The van der Waals surface area contributed by atoms with Crippen LogP contribution in [0.5, 0.6) is 5.75 Å². The monoisotopic (exact) mass is 378 g/mol. The lowest BCUT2D eigenvalue weighted by Crippen LogP contribution is -2.07. The van der Waals surface area contributed by atoms with Crippen molar-refractivity contribution >= 4 is 35.0 Å². The lowest BCUT2D eigenvalue weighted by molar-refractivity contribution is -0.111. The molecule has 1 amide bonds. The van der Waals surface area contributed by atoms with Crippen LogP contribution >= 0.6 is 11.8 Å². The second-order valence-corrected chi connectivity index (χ2v) is 6.49. The molecule has 2 aromatic carbocycles. The van der Waals surface area contributed by atoms with E-state index < -0.39 is 0 Å². The smallest absolute Gasteiger partial charge is 0.247 e. The molecule has 0 spiro atoms. The van der Waals surface area contributed by atoms with E-state index in [2.05, 4.69) is 27.2 Å². The summed E-state index contributed by atoms with van der Waals surface area (Å²) in [5.74, 6) is 1.07. The number of amides is 1. The highest BCUT2D eigenvalue weighted by Crippen LogP contribution is 2.28. The Hall–Kier alpha value is -3.32. The van der Waals surface area contributed by atoms with E-state index in [4.69, 9.17) is 4.74 Å². The summed E-state index contributed by atoms with van der Waals surface area (Å²) in [5, 5.41) is 6.68. The predicted octanol–water partition coefficient (Wildman–Crippen LogP) is 4.50. The summed E-state index contributed by atoms with van der Waals surface area (Å²) in [6.07, 6.45) is 2.94. The van der Waals surface area contributed by atoms with Crippen LogP contribution in [0.1, 0.15) is 0 Å². The highest BCUT2D eigenvalue weighted by molar-refractivity contribution is 7.99. The van der Waals surface area contributed by atoms with Crippen LogP contribution in [0.4, 0.5) is 17.3 Å². The largest absolute Gasteiger partial charge is 0.497 e. The van der Waals surface area contributed by atoms with Crippen molar-refractivity contribution in [3.05, 3.63) is 73.4 Å². The van der Waals surface area contributed by atoms with Crippen LogP contribution in [0.3, 0.4) is 0 Å². The highest BCUT2D eigenvalue weighted by atomic mass is 32.2. The fraction of sp³-hybridized carbons (Fsp3) is 0.0500. The molecule has 0 atom stereocenters. The third kappa shape index (κ3) is 5.32. The molecule has 0 saturated carbocycles. The summed E-state index contributed by atoms with van der Waals surface area (Å²) in [6.45, 7) is 3.43. The van der Waals surface area contributed by atoms with Crippen LogP contribution in [0.25, 0.3) is 0 Å². The molecule has 1 heterocycles. The topological polar surface area (TPSA) is 76.1 Å². The predicted molar refractivity (Wildman–Crippen MR) is 108 cm³/mol. The summed E-state index contributed by atoms with van der Waals surface area (Å²) >= 11 is 1.54. The third-order valence-electron chi connectivity index (χ3n) is 3.51. The highest BCUT2D eigenvalue weighted by Gasteiger charge is 2.04. The minimum atomic E-state index is -0.248. The minimum Gasteiger partial charge on any atom is -0.497 e. The Morgan fingerprint density at radius 1 is 1.07 bits per heavy atom. The minimum absolute atomic E-state index is 0.248. The molecule has 0 fully saturated rings. The molecule has 1 aromatic heterocycles. The fourth-order valence-electron chi connectivity index (χ4n) is 2.18. The van der Waals surface area contributed by atoms with Crippen LogP contribution < -0.4 is 15.4 Å². The second-order valence-electron chi connectivity index (χ2n) is 5.39. The van der Waals surface area contributed by atoms with E-state index in [9.17, 15) is 4.79 Å². The molecule has 0 saturated heterocycles. The number of anilines is 3. The maximum atomic E-state index is 11.3. The molecule has 6 nitrogen and oxygen atoms in total. The van der Waals surface area contributed by atoms with Gasteiger partial charge in [0.2, 0.25) is 11.9 Å². The van der Waals surface area contributed by atoms with Gasteiger partial charge in [0.25, 0.3) is 0 Å².